The zero-order valence-electron chi connectivity index (χ0n) is 13.0. The highest BCUT2D eigenvalue weighted by molar-refractivity contribution is 7.89. The molecule has 0 unspecified atom stereocenters. The predicted octanol–water partition coefficient (Wildman–Crippen LogP) is 1.94. The number of rotatable bonds is 5. The lowest BCUT2D eigenvalue weighted by Gasteiger charge is -2.05. The number of sulfonamides is 1. The minimum atomic E-state index is -3.65. The van der Waals surface area contributed by atoms with Crippen LogP contribution in [0.25, 0.3) is 0 Å². The Kier molecular flexibility index (Phi) is 3.85. The Bertz CT molecular complexity index is 789. The van der Waals surface area contributed by atoms with Gasteiger partial charge in [-0.1, -0.05) is 26.0 Å². The molecule has 1 aliphatic rings. The van der Waals surface area contributed by atoms with Gasteiger partial charge < -0.3 is 4.74 Å². The average molecular weight is 333 g/mol. The van der Waals surface area contributed by atoms with Gasteiger partial charge in [0.25, 0.3) is 0 Å². The van der Waals surface area contributed by atoms with Gasteiger partial charge in [0.2, 0.25) is 10.0 Å². The molecule has 6 nitrogen and oxygen atoms in total. The van der Waals surface area contributed by atoms with Gasteiger partial charge in [-0.15, -0.1) is 0 Å². The lowest BCUT2D eigenvalue weighted by Crippen LogP contribution is -2.11. The van der Waals surface area contributed by atoms with Crippen LogP contribution in [0.2, 0.25) is 0 Å². The molecule has 1 aromatic carbocycles. The molecule has 23 heavy (non-hydrogen) atoms. The third kappa shape index (κ3) is 3.20. The normalized spacial score (nSPS) is 22.6. The minimum absolute atomic E-state index is 0.0960. The summed E-state index contributed by atoms with van der Waals surface area (Å²) in [5, 5.41) is 5.13. The average Bonchev–Trinajstić information content (AvgIpc) is 3.06. The first kappa shape index (κ1) is 15.9. The SMILES string of the molecule is CC1(C)[C@@H](COc2cncnc2)[C@@H]1c1ccc(S(N)(=O)=O)cc1. The molecule has 1 aliphatic carbocycles. The molecule has 0 saturated heterocycles. The van der Waals surface area contributed by atoms with E-state index in [-0.39, 0.29) is 10.3 Å². The molecule has 0 spiro atoms. The highest BCUT2D eigenvalue weighted by Gasteiger charge is 2.58. The van der Waals surface area contributed by atoms with E-state index in [4.69, 9.17) is 9.88 Å². The van der Waals surface area contributed by atoms with Crippen LogP contribution in [0.3, 0.4) is 0 Å². The fraction of sp³-hybridized carbons (Fsp3) is 0.375. The van der Waals surface area contributed by atoms with E-state index in [1.165, 1.54) is 6.33 Å². The molecule has 0 amide bonds. The van der Waals surface area contributed by atoms with Crippen molar-refractivity contribution in [2.45, 2.75) is 24.7 Å². The molecule has 3 rings (SSSR count). The van der Waals surface area contributed by atoms with Crippen LogP contribution in [0.4, 0.5) is 0 Å². The van der Waals surface area contributed by atoms with Crippen molar-refractivity contribution in [2.75, 3.05) is 6.61 Å². The van der Waals surface area contributed by atoms with E-state index >= 15 is 0 Å². The summed E-state index contributed by atoms with van der Waals surface area (Å²) in [6.45, 7) is 4.93. The summed E-state index contributed by atoms with van der Waals surface area (Å²) in [7, 11) is -3.65. The molecule has 2 N–H and O–H groups in total. The number of nitrogens with zero attached hydrogens (tertiary/aromatic N) is 2. The Morgan fingerprint density at radius 1 is 1.17 bits per heavy atom. The Balaban J connectivity index is 1.71. The Morgan fingerprint density at radius 3 is 2.35 bits per heavy atom. The largest absolute Gasteiger partial charge is 0.490 e. The van der Waals surface area contributed by atoms with Crippen LogP contribution < -0.4 is 9.88 Å². The van der Waals surface area contributed by atoms with Crippen molar-refractivity contribution in [1.29, 1.82) is 0 Å². The van der Waals surface area contributed by atoms with E-state index in [0.717, 1.165) is 5.56 Å². The minimum Gasteiger partial charge on any atom is -0.490 e. The molecule has 1 fully saturated rings. The van der Waals surface area contributed by atoms with E-state index in [9.17, 15) is 8.42 Å². The summed E-state index contributed by atoms with van der Waals surface area (Å²) in [6.07, 6.45) is 4.74. The van der Waals surface area contributed by atoms with Crippen LogP contribution in [-0.2, 0) is 10.0 Å². The van der Waals surface area contributed by atoms with Gasteiger partial charge in [0, 0.05) is 5.92 Å². The van der Waals surface area contributed by atoms with Crippen molar-refractivity contribution in [3.63, 3.8) is 0 Å². The monoisotopic (exact) mass is 333 g/mol. The fourth-order valence-electron chi connectivity index (χ4n) is 3.13. The first-order valence-electron chi connectivity index (χ1n) is 7.31. The number of benzene rings is 1. The van der Waals surface area contributed by atoms with E-state index < -0.39 is 10.0 Å². The quantitative estimate of drug-likeness (QED) is 0.902. The van der Waals surface area contributed by atoms with Crippen LogP contribution in [0.1, 0.15) is 25.3 Å². The second kappa shape index (κ2) is 5.58. The summed E-state index contributed by atoms with van der Waals surface area (Å²) in [4.78, 5) is 7.98. The second-order valence-corrected chi connectivity index (χ2v) is 7.97. The topological polar surface area (TPSA) is 95.2 Å². The molecular weight excluding hydrogens is 314 g/mol. The maximum Gasteiger partial charge on any atom is 0.238 e. The molecule has 122 valence electrons. The number of ether oxygens (including phenoxy) is 1. The van der Waals surface area contributed by atoms with Crippen molar-refractivity contribution >= 4 is 10.0 Å². The van der Waals surface area contributed by atoms with Gasteiger partial charge in [0.15, 0.2) is 5.75 Å². The van der Waals surface area contributed by atoms with Crippen LogP contribution >= 0.6 is 0 Å². The standard InChI is InChI=1S/C16H19N3O3S/c1-16(2)14(9-22-12-7-18-10-19-8-12)15(16)11-3-5-13(6-4-11)23(17,20)21/h3-8,10,14-15H,9H2,1-2H3,(H2,17,20,21)/t14-,15-/m0/s1. The lowest BCUT2D eigenvalue weighted by molar-refractivity contribution is 0.277. The molecule has 2 atom stereocenters. The van der Waals surface area contributed by atoms with Crippen LogP contribution in [-0.4, -0.2) is 25.0 Å². The molecule has 1 heterocycles. The van der Waals surface area contributed by atoms with Gasteiger partial charge in [-0.05, 0) is 29.0 Å². The molecule has 7 heteroatoms. The van der Waals surface area contributed by atoms with Crippen molar-refractivity contribution in [3.05, 3.63) is 48.5 Å². The van der Waals surface area contributed by atoms with E-state index in [1.807, 2.05) is 12.1 Å². The van der Waals surface area contributed by atoms with Gasteiger partial charge >= 0.3 is 0 Å². The highest BCUT2D eigenvalue weighted by atomic mass is 32.2. The third-order valence-electron chi connectivity index (χ3n) is 4.58. The van der Waals surface area contributed by atoms with Crippen molar-refractivity contribution < 1.29 is 13.2 Å². The fourth-order valence-corrected chi connectivity index (χ4v) is 3.64. The van der Waals surface area contributed by atoms with Crippen LogP contribution in [0.5, 0.6) is 5.75 Å². The summed E-state index contributed by atoms with van der Waals surface area (Å²) in [6, 6.07) is 6.78. The number of hydrogen-bond acceptors (Lipinski definition) is 5. The number of aromatic nitrogens is 2. The zero-order chi connectivity index (χ0) is 16.7. The molecule has 0 bridgehead atoms. The zero-order valence-corrected chi connectivity index (χ0v) is 13.8. The van der Waals surface area contributed by atoms with Crippen molar-refractivity contribution in [1.82, 2.24) is 9.97 Å². The Morgan fingerprint density at radius 2 is 1.78 bits per heavy atom. The van der Waals surface area contributed by atoms with Gasteiger partial charge in [0.05, 0.1) is 23.9 Å². The summed E-state index contributed by atoms with van der Waals surface area (Å²) in [5.74, 6) is 1.32. The van der Waals surface area contributed by atoms with E-state index in [0.29, 0.717) is 24.2 Å². The molecule has 2 aromatic rings. The smallest absolute Gasteiger partial charge is 0.238 e. The van der Waals surface area contributed by atoms with Gasteiger partial charge in [0.1, 0.15) is 6.33 Å². The van der Waals surface area contributed by atoms with Crippen LogP contribution in [0.15, 0.2) is 47.9 Å². The summed E-state index contributed by atoms with van der Waals surface area (Å²) in [5.41, 5.74) is 1.19. The molecule has 1 aromatic heterocycles. The molecule has 1 saturated carbocycles. The highest BCUT2D eigenvalue weighted by Crippen LogP contribution is 2.64. The maximum absolute atomic E-state index is 11.3. The maximum atomic E-state index is 11.3. The van der Waals surface area contributed by atoms with Crippen molar-refractivity contribution in [3.8, 4) is 5.75 Å². The number of primary sulfonamides is 1. The second-order valence-electron chi connectivity index (χ2n) is 6.40. The molecule has 0 aliphatic heterocycles. The van der Waals surface area contributed by atoms with Crippen molar-refractivity contribution in [2.24, 2.45) is 16.5 Å². The van der Waals surface area contributed by atoms with Gasteiger partial charge in [-0.25, -0.2) is 23.5 Å². The third-order valence-corrected chi connectivity index (χ3v) is 5.51. The Hall–Kier alpha value is -1.99. The molecular formula is C16H19N3O3S. The summed E-state index contributed by atoms with van der Waals surface area (Å²) >= 11 is 0. The predicted molar refractivity (Wildman–Crippen MR) is 85.4 cm³/mol. The number of hydrogen-bond donors (Lipinski definition) is 1. The van der Waals surface area contributed by atoms with Crippen LogP contribution in [0, 0.1) is 11.3 Å². The number of nitrogens with two attached hydrogens (primary N) is 1. The van der Waals surface area contributed by atoms with Gasteiger partial charge in [-0.2, -0.15) is 0 Å². The summed E-state index contributed by atoms with van der Waals surface area (Å²) < 4.78 is 28.4. The lowest BCUT2D eigenvalue weighted by atomic mass is 10.0. The van der Waals surface area contributed by atoms with Gasteiger partial charge in [-0.3, -0.25) is 0 Å². The van der Waals surface area contributed by atoms with E-state index in [2.05, 4.69) is 23.8 Å². The Labute approximate surface area is 135 Å². The first-order chi connectivity index (χ1) is 10.8. The first-order valence-corrected chi connectivity index (χ1v) is 8.85. The van der Waals surface area contributed by atoms with E-state index in [1.54, 1.807) is 24.5 Å². The molecule has 0 radical (unpaired) electrons.